The Hall–Kier alpha value is -2.43. The predicted octanol–water partition coefficient (Wildman–Crippen LogP) is 4.07. The summed E-state index contributed by atoms with van der Waals surface area (Å²) in [6.45, 7) is 8.76. The van der Waals surface area contributed by atoms with Gasteiger partial charge >= 0.3 is 0 Å². The minimum Gasteiger partial charge on any atom is -0.379 e. The standard InChI is InChI=1S/C23H26N2O2/c1-17-7-9-19(10-8-17)23(26)21-16-25(22-6-4-3-5-20(21)22)18(2)15-24-11-13-27-14-12-24/h3-10,16,18H,11-15H2,1-2H3. The number of aryl methyl sites for hydroxylation is 1. The van der Waals surface area contributed by atoms with Crippen molar-refractivity contribution < 1.29 is 9.53 Å². The van der Waals surface area contributed by atoms with Crippen molar-refractivity contribution in [1.29, 1.82) is 0 Å². The van der Waals surface area contributed by atoms with E-state index in [-0.39, 0.29) is 11.8 Å². The molecule has 1 unspecified atom stereocenters. The van der Waals surface area contributed by atoms with E-state index in [1.165, 1.54) is 0 Å². The third-order valence-electron chi connectivity index (χ3n) is 5.40. The monoisotopic (exact) mass is 362 g/mol. The van der Waals surface area contributed by atoms with Crippen molar-refractivity contribution in [1.82, 2.24) is 9.47 Å². The molecule has 1 aliphatic heterocycles. The number of para-hydroxylation sites is 1. The molecular weight excluding hydrogens is 336 g/mol. The van der Waals surface area contributed by atoms with Gasteiger partial charge in [-0.15, -0.1) is 0 Å². The summed E-state index contributed by atoms with van der Waals surface area (Å²) in [6, 6.07) is 16.3. The number of fused-ring (bicyclic) bond motifs is 1. The van der Waals surface area contributed by atoms with E-state index >= 15 is 0 Å². The number of hydrogen-bond donors (Lipinski definition) is 0. The number of benzene rings is 2. The van der Waals surface area contributed by atoms with Gasteiger partial charge in [0.15, 0.2) is 5.78 Å². The molecule has 4 rings (SSSR count). The molecule has 1 aliphatic rings. The first kappa shape index (κ1) is 18.0. The fourth-order valence-corrected chi connectivity index (χ4v) is 3.86. The summed E-state index contributed by atoms with van der Waals surface area (Å²) >= 11 is 0. The van der Waals surface area contributed by atoms with E-state index in [1.807, 2.05) is 49.5 Å². The fraction of sp³-hybridized carbons (Fsp3) is 0.348. The van der Waals surface area contributed by atoms with Crippen LogP contribution in [0, 0.1) is 6.92 Å². The smallest absolute Gasteiger partial charge is 0.195 e. The molecule has 0 radical (unpaired) electrons. The van der Waals surface area contributed by atoms with Crippen molar-refractivity contribution >= 4 is 16.7 Å². The molecule has 0 bridgehead atoms. The highest BCUT2D eigenvalue weighted by Crippen LogP contribution is 2.27. The van der Waals surface area contributed by atoms with Crippen LogP contribution in [0.15, 0.2) is 54.7 Å². The van der Waals surface area contributed by atoms with Crippen molar-refractivity contribution in [2.45, 2.75) is 19.9 Å². The lowest BCUT2D eigenvalue weighted by molar-refractivity contribution is 0.0328. The zero-order valence-corrected chi connectivity index (χ0v) is 16.0. The number of morpholine rings is 1. The highest BCUT2D eigenvalue weighted by Gasteiger charge is 2.20. The van der Waals surface area contributed by atoms with E-state index in [1.54, 1.807) is 0 Å². The van der Waals surface area contributed by atoms with Crippen molar-refractivity contribution in [3.8, 4) is 0 Å². The number of nitrogens with zero attached hydrogens (tertiary/aromatic N) is 2. The largest absolute Gasteiger partial charge is 0.379 e. The first-order chi connectivity index (χ1) is 13.1. The van der Waals surface area contributed by atoms with Crippen molar-refractivity contribution in [3.63, 3.8) is 0 Å². The number of hydrogen-bond acceptors (Lipinski definition) is 3. The lowest BCUT2D eigenvalue weighted by atomic mass is 10.0. The van der Waals surface area contributed by atoms with Gasteiger partial charge < -0.3 is 9.30 Å². The van der Waals surface area contributed by atoms with Gasteiger partial charge in [-0.3, -0.25) is 9.69 Å². The molecule has 1 fully saturated rings. The van der Waals surface area contributed by atoms with Crippen LogP contribution in [0.4, 0.5) is 0 Å². The molecule has 4 nitrogen and oxygen atoms in total. The molecule has 0 spiro atoms. The Balaban J connectivity index is 1.68. The molecule has 2 aromatic carbocycles. The predicted molar refractivity (Wildman–Crippen MR) is 109 cm³/mol. The number of carbonyl (C=O) groups excluding carboxylic acids is 1. The molecule has 1 aromatic heterocycles. The van der Waals surface area contributed by atoms with E-state index in [0.29, 0.717) is 0 Å². The lowest BCUT2D eigenvalue weighted by Gasteiger charge is -2.29. The molecule has 0 aliphatic carbocycles. The molecular formula is C23H26N2O2. The summed E-state index contributed by atoms with van der Waals surface area (Å²) in [5.74, 6) is 0.0866. The molecule has 0 amide bonds. The van der Waals surface area contributed by atoms with Crippen molar-refractivity contribution in [2.75, 3.05) is 32.8 Å². The first-order valence-corrected chi connectivity index (χ1v) is 9.64. The molecule has 1 atom stereocenters. The average molecular weight is 362 g/mol. The van der Waals surface area contributed by atoms with E-state index in [4.69, 9.17) is 4.74 Å². The first-order valence-electron chi connectivity index (χ1n) is 9.64. The Bertz CT molecular complexity index is 937. The molecule has 0 saturated carbocycles. The van der Waals surface area contributed by atoms with E-state index < -0.39 is 0 Å². The van der Waals surface area contributed by atoms with E-state index in [9.17, 15) is 4.79 Å². The van der Waals surface area contributed by atoms with Crippen LogP contribution in [0.1, 0.15) is 34.5 Å². The Morgan fingerprint density at radius 1 is 1.07 bits per heavy atom. The maximum absolute atomic E-state index is 13.2. The minimum absolute atomic E-state index is 0.0866. The van der Waals surface area contributed by atoms with Crippen LogP contribution >= 0.6 is 0 Å². The second-order valence-corrected chi connectivity index (χ2v) is 7.42. The molecule has 27 heavy (non-hydrogen) atoms. The number of ether oxygens (including phenoxy) is 1. The SMILES string of the molecule is Cc1ccc(C(=O)c2cn(C(C)CN3CCOCC3)c3ccccc23)cc1. The molecule has 140 valence electrons. The van der Waals surface area contributed by atoms with Crippen LogP contribution in [0.2, 0.25) is 0 Å². The number of ketones is 1. The molecule has 4 heteroatoms. The van der Waals surface area contributed by atoms with Gasteiger partial charge in [0.05, 0.1) is 13.2 Å². The maximum Gasteiger partial charge on any atom is 0.195 e. The van der Waals surface area contributed by atoms with Gasteiger partial charge in [-0.25, -0.2) is 0 Å². The van der Waals surface area contributed by atoms with Crippen LogP contribution < -0.4 is 0 Å². The normalized spacial score (nSPS) is 16.5. The van der Waals surface area contributed by atoms with Gasteiger partial charge in [0.1, 0.15) is 0 Å². The van der Waals surface area contributed by atoms with E-state index in [0.717, 1.165) is 60.4 Å². The second kappa shape index (κ2) is 7.67. The quantitative estimate of drug-likeness (QED) is 0.642. The third kappa shape index (κ3) is 3.68. The summed E-state index contributed by atoms with van der Waals surface area (Å²) in [7, 11) is 0. The summed E-state index contributed by atoms with van der Waals surface area (Å²) in [4.78, 5) is 15.6. The highest BCUT2D eigenvalue weighted by molar-refractivity contribution is 6.16. The third-order valence-corrected chi connectivity index (χ3v) is 5.40. The van der Waals surface area contributed by atoms with Gasteiger partial charge in [-0.2, -0.15) is 0 Å². The summed E-state index contributed by atoms with van der Waals surface area (Å²) < 4.78 is 7.71. The zero-order valence-electron chi connectivity index (χ0n) is 16.0. The minimum atomic E-state index is 0.0866. The Morgan fingerprint density at radius 2 is 1.78 bits per heavy atom. The lowest BCUT2D eigenvalue weighted by Crippen LogP contribution is -2.39. The molecule has 1 saturated heterocycles. The van der Waals surface area contributed by atoms with Crippen LogP contribution in [0.25, 0.3) is 10.9 Å². The van der Waals surface area contributed by atoms with Crippen molar-refractivity contribution in [3.05, 3.63) is 71.4 Å². The van der Waals surface area contributed by atoms with Gasteiger partial charge in [0.25, 0.3) is 0 Å². The zero-order chi connectivity index (χ0) is 18.8. The van der Waals surface area contributed by atoms with Crippen molar-refractivity contribution in [2.24, 2.45) is 0 Å². The van der Waals surface area contributed by atoms with Gasteiger partial charge in [0, 0.05) is 53.9 Å². The van der Waals surface area contributed by atoms with Crippen LogP contribution in [-0.2, 0) is 4.74 Å². The molecule has 2 heterocycles. The fourth-order valence-electron chi connectivity index (χ4n) is 3.86. The Kier molecular flexibility index (Phi) is 5.10. The van der Waals surface area contributed by atoms with Gasteiger partial charge in [-0.1, -0.05) is 48.0 Å². The summed E-state index contributed by atoms with van der Waals surface area (Å²) in [5.41, 5.74) is 3.80. The van der Waals surface area contributed by atoms with Crippen LogP contribution in [0.5, 0.6) is 0 Å². The van der Waals surface area contributed by atoms with Crippen LogP contribution in [0.3, 0.4) is 0 Å². The Morgan fingerprint density at radius 3 is 2.52 bits per heavy atom. The average Bonchev–Trinajstić information content (AvgIpc) is 3.09. The maximum atomic E-state index is 13.2. The van der Waals surface area contributed by atoms with E-state index in [2.05, 4.69) is 28.5 Å². The van der Waals surface area contributed by atoms with Gasteiger partial charge in [-0.05, 0) is 19.9 Å². The van der Waals surface area contributed by atoms with Gasteiger partial charge in [0.2, 0.25) is 0 Å². The number of rotatable bonds is 5. The summed E-state index contributed by atoms with van der Waals surface area (Å²) in [5, 5.41) is 1.02. The number of carbonyl (C=O) groups is 1. The number of aromatic nitrogens is 1. The summed E-state index contributed by atoms with van der Waals surface area (Å²) in [6.07, 6.45) is 2.04. The highest BCUT2D eigenvalue weighted by atomic mass is 16.5. The second-order valence-electron chi connectivity index (χ2n) is 7.42. The van der Waals surface area contributed by atoms with Crippen LogP contribution in [-0.4, -0.2) is 48.1 Å². The molecule has 3 aromatic rings. The Labute approximate surface area is 160 Å². The topological polar surface area (TPSA) is 34.5 Å². The molecule has 0 N–H and O–H groups in total.